The first-order chi connectivity index (χ1) is 5.95. The minimum atomic E-state index is 0.221. The van der Waals surface area contributed by atoms with Crippen LogP contribution in [-0.2, 0) is 4.79 Å². The highest BCUT2D eigenvalue weighted by Crippen LogP contribution is 2.28. The highest BCUT2D eigenvalue weighted by Gasteiger charge is 2.30. The van der Waals surface area contributed by atoms with Gasteiger partial charge in [-0.15, -0.1) is 0 Å². The van der Waals surface area contributed by atoms with Crippen LogP contribution in [0.4, 0.5) is 0 Å². The van der Waals surface area contributed by atoms with E-state index in [1.807, 2.05) is 11.9 Å². The van der Waals surface area contributed by atoms with E-state index in [-0.39, 0.29) is 5.91 Å². The molecule has 0 saturated heterocycles. The van der Waals surface area contributed by atoms with E-state index in [1.165, 1.54) is 5.57 Å². The Morgan fingerprint density at radius 2 is 1.69 bits per heavy atom. The number of hydrogen-bond donors (Lipinski definition) is 0. The van der Waals surface area contributed by atoms with Crippen LogP contribution in [0.15, 0.2) is 11.1 Å². The van der Waals surface area contributed by atoms with Gasteiger partial charge in [0.05, 0.1) is 0 Å². The number of carbonyl (C=O) groups excluding carboxylic acids is 1. The zero-order valence-corrected chi connectivity index (χ0v) is 9.22. The van der Waals surface area contributed by atoms with E-state index in [4.69, 9.17) is 0 Å². The van der Waals surface area contributed by atoms with Crippen molar-refractivity contribution >= 4 is 5.91 Å². The largest absolute Gasteiger partial charge is 0.338 e. The van der Waals surface area contributed by atoms with Crippen molar-refractivity contribution in [3.8, 4) is 0 Å². The third-order valence-corrected chi connectivity index (χ3v) is 2.60. The van der Waals surface area contributed by atoms with Crippen molar-refractivity contribution in [1.82, 2.24) is 4.90 Å². The minimum Gasteiger partial charge on any atom is -0.338 e. The Morgan fingerprint density at radius 3 is 2.00 bits per heavy atom. The van der Waals surface area contributed by atoms with E-state index in [9.17, 15) is 4.79 Å². The third kappa shape index (κ3) is 1.77. The summed E-state index contributed by atoms with van der Waals surface area (Å²) in [4.78, 5) is 13.5. The highest BCUT2D eigenvalue weighted by molar-refractivity contribution is 5.97. The van der Waals surface area contributed by atoms with Crippen molar-refractivity contribution in [3.05, 3.63) is 11.1 Å². The van der Waals surface area contributed by atoms with Crippen LogP contribution in [0, 0.1) is 11.8 Å². The van der Waals surface area contributed by atoms with Crippen LogP contribution in [0.3, 0.4) is 0 Å². The second kappa shape index (κ2) is 3.52. The quantitative estimate of drug-likeness (QED) is 0.638. The van der Waals surface area contributed by atoms with E-state index >= 15 is 0 Å². The minimum absolute atomic E-state index is 0.221. The zero-order chi connectivity index (χ0) is 10.2. The molecule has 2 nitrogen and oxygen atoms in total. The second-order valence-electron chi connectivity index (χ2n) is 4.41. The summed E-state index contributed by atoms with van der Waals surface area (Å²) in [6.07, 6.45) is 0. The van der Waals surface area contributed by atoms with Gasteiger partial charge < -0.3 is 4.90 Å². The fraction of sp³-hybridized carbons (Fsp3) is 0.727. The lowest BCUT2D eigenvalue weighted by atomic mass is 9.93. The fourth-order valence-corrected chi connectivity index (χ4v) is 1.87. The monoisotopic (exact) mass is 181 g/mol. The SMILES string of the molecule is CC(C)C1=C(C(C)C)C(=O)N(C)C1. The van der Waals surface area contributed by atoms with E-state index in [0.717, 1.165) is 12.1 Å². The van der Waals surface area contributed by atoms with Crippen molar-refractivity contribution in [3.63, 3.8) is 0 Å². The molecule has 0 radical (unpaired) electrons. The Kier molecular flexibility index (Phi) is 2.79. The topological polar surface area (TPSA) is 20.3 Å². The Balaban J connectivity index is 3.04. The summed E-state index contributed by atoms with van der Waals surface area (Å²) in [5.74, 6) is 1.07. The van der Waals surface area contributed by atoms with Gasteiger partial charge in [0.25, 0.3) is 0 Å². The molecule has 1 aliphatic heterocycles. The van der Waals surface area contributed by atoms with Crippen molar-refractivity contribution < 1.29 is 4.79 Å². The maximum atomic E-state index is 11.7. The molecule has 2 heteroatoms. The average molecular weight is 181 g/mol. The van der Waals surface area contributed by atoms with E-state index in [2.05, 4.69) is 27.7 Å². The van der Waals surface area contributed by atoms with Gasteiger partial charge >= 0.3 is 0 Å². The zero-order valence-electron chi connectivity index (χ0n) is 9.22. The first kappa shape index (κ1) is 10.3. The molecule has 0 fully saturated rings. The highest BCUT2D eigenvalue weighted by atomic mass is 16.2. The van der Waals surface area contributed by atoms with Gasteiger partial charge in [0.1, 0.15) is 0 Å². The Hall–Kier alpha value is -0.790. The van der Waals surface area contributed by atoms with Gasteiger partial charge in [-0.2, -0.15) is 0 Å². The molecule has 0 N–H and O–H groups in total. The standard InChI is InChI=1S/C11H19NO/c1-7(2)9-6-12(5)11(13)10(9)8(3)4/h7-8H,6H2,1-5H3. The molecule has 0 unspecified atom stereocenters. The van der Waals surface area contributed by atoms with Gasteiger partial charge in [-0.3, -0.25) is 4.79 Å². The number of likely N-dealkylation sites (N-methyl/N-ethyl adjacent to an activating group) is 1. The number of nitrogens with zero attached hydrogens (tertiary/aromatic N) is 1. The molecule has 1 rings (SSSR count). The van der Waals surface area contributed by atoms with Gasteiger partial charge in [-0.1, -0.05) is 27.7 Å². The third-order valence-electron chi connectivity index (χ3n) is 2.60. The molecule has 1 heterocycles. The summed E-state index contributed by atoms with van der Waals surface area (Å²) in [7, 11) is 1.88. The summed E-state index contributed by atoms with van der Waals surface area (Å²) >= 11 is 0. The molecule has 1 aliphatic rings. The van der Waals surface area contributed by atoms with Crippen molar-refractivity contribution in [2.24, 2.45) is 11.8 Å². The smallest absolute Gasteiger partial charge is 0.250 e. The molecule has 0 bridgehead atoms. The second-order valence-corrected chi connectivity index (χ2v) is 4.41. The lowest BCUT2D eigenvalue weighted by molar-refractivity contribution is -0.124. The molecule has 1 amide bonds. The number of carbonyl (C=O) groups is 1. The van der Waals surface area contributed by atoms with Crippen LogP contribution in [-0.4, -0.2) is 24.4 Å². The molecule has 0 aromatic carbocycles. The maximum absolute atomic E-state index is 11.7. The van der Waals surface area contributed by atoms with Crippen molar-refractivity contribution in [1.29, 1.82) is 0 Å². The average Bonchev–Trinajstić information content (AvgIpc) is 2.28. The van der Waals surface area contributed by atoms with Crippen molar-refractivity contribution in [2.45, 2.75) is 27.7 Å². The fourth-order valence-electron chi connectivity index (χ4n) is 1.87. The van der Waals surface area contributed by atoms with Crippen LogP contribution >= 0.6 is 0 Å². The van der Waals surface area contributed by atoms with E-state index in [0.29, 0.717) is 11.8 Å². The van der Waals surface area contributed by atoms with Gasteiger partial charge in [-0.25, -0.2) is 0 Å². The molecule has 0 saturated carbocycles. The molecule has 0 aromatic heterocycles. The molecule has 13 heavy (non-hydrogen) atoms. The molecular weight excluding hydrogens is 162 g/mol. The lowest BCUT2D eigenvalue weighted by Crippen LogP contribution is -2.23. The normalized spacial score (nSPS) is 18.4. The van der Waals surface area contributed by atoms with Crippen LogP contribution in [0.1, 0.15) is 27.7 Å². The summed E-state index contributed by atoms with van der Waals surface area (Å²) in [6.45, 7) is 9.32. The van der Waals surface area contributed by atoms with Crippen LogP contribution in [0.25, 0.3) is 0 Å². The predicted molar refractivity (Wildman–Crippen MR) is 54.3 cm³/mol. The Bertz CT molecular complexity index is 251. The van der Waals surface area contributed by atoms with E-state index in [1.54, 1.807) is 0 Å². The van der Waals surface area contributed by atoms with Crippen molar-refractivity contribution in [2.75, 3.05) is 13.6 Å². The summed E-state index contributed by atoms with van der Waals surface area (Å²) in [5, 5.41) is 0. The summed E-state index contributed by atoms with van der Waals surface area (Å²) < 4.78 is 0. The van der Waals surface area contributed by atoms with Crippen LogP contribution in [0.2, 0.25) is 0 Å². The first-order valence-electron chi connectivity index (χ1n) is 4.93. The summed E-state index contributed by atoms with van der Waals surface area (Å²) in [6, 6.07) is 0. The molecule has 0 aliphatic carbocycles. The van der Waals surface area contributed by atoms with Gasteiger partial charge in [0.2, 0.25) is 5.91 Å². The molecule has 74 valence electrons. The number of amides is 1. The number of rotatable bonds is 2. The molecule has 0 atom stereocenters. The van der Waals surface area contributed by atoms with Gasteiger partial charge in [0.15, 0.2) is 0 Å². The molecule has 0 aromatic rings. The maximum Gasteiger partial charge on any atom is 0.250 e. The first-order valence-corrected chi connectivity index (χ1v) is 4.93. The molecule has 0 spiro atoms. The van der Waals surface area contributed by atoms with Gasteiger partial charge in [-0.05, 0) is 17.4 Å². The lowest BCUT2D eigenvalue weighted by Gasteiger charge is -2.10. The Labute approximate surface area is 80.6 Å². The Morgan fingerprint density at radius 1 is 1.15 bits per heavy atom. The molecular formula is C11H19NO. The number of hydrogen-bond acceptors (Lipinski definition) is 1. The van der Waals surface area contributed by atoms with E-state index < -0.39 is 0 Å². The van der Waals surface area contributed by atoms with Crippen LogP contribution < -0.4 is 0 Å². The van der Waals surface area contributed by atoms with Gasteiger partial charge in [0, 0.05) is 19.2 Å². The predicted octanol–water partition coefficient (Wildman–Crippen LogP) is 2.07. The summed E-state index contributed by atoms with van der Waals surface area (Å²) in [5.41, 5.74) is 2.36. The van der Waals surface area contributed by atoms with Crippen LogP contribution in [0.5, 0.6) is 0 Å².